The largest absolute Gasteiger partial charge is 0.481 e. The molecule has 0 aliphatic carbocycles. The lowest BCUT2D eigenvalue weighted by atomic mass is 10.1. The number of carboxylic acid groups (broad SMARTS) is 1. The summed E-state index contributed by atoms with van der Waals surface area (Å²) in [4.78, 5) is 20.8. The highest BCUT2D eigenvalue weighted by molar-refractivity contribution is 6.63. The highest BCUT2D eigenvalue weighted by Gasteiger charge is 2.03. The maximum absolute atomic E-state index is 10.5. The molecule has 0 radical (unpaired) electrons. The Labute approximate surface area is 164 Å². The molecule has 0 aliphatic rings. The van der Waals surface area contributed by atoms with Crippen LogP contribution in [0.3, 0.4) is 0 Å². The van der Waals surface area contributed by atoms with Crippen LogP contribution in [0.2, 0.25) is 20.1 Å². The summed E-state index contributed by atoms with van der Waals surface area (Å²) in [7, 11) is 0. The van der Waals surface area contributed by atoms with Crippen molar-refractivity contribution in [3.8, 4) is 0 Å². The Morgan fingerprint density at radius 2 is 1.17 bits per heavy atom. The maximum Gasteiger partial charge on any atom is 0.307 e. The summed E-state index contributed by atoms with van der Waals surface area (Å²) in [5, 5.41) is 9.77. The summed E-state index contributed by atoms with van der Waals surface area (Å²) in [6.45, 7) is 0. The van der Waals surface area contributed by atoms with E-state index in [0.29, 0.717) is 25.7 Å². The van der Waals surface area contributed by atoms with Crippen LogP contribution >= 0.6 is 58.0 Å². The standard InChI is InChI=1S/C8H5Cl3O.C8H6Cl2O2/c2*9-6-2-1-5(3-7(6)10)4-8(11)12/h1-3H,4H2;1-3H,4H2,(H,11,12). The highest BCUT2D eigenvalue weighted by atomic mass is 35.5. The van der Waals surface area contributed by atoms with Gasteiger partial charge in [-0.1, -0.05) is 58.5 Å². The van der Waals surface area contributed by atoms with Crippen LogP contribution in [0.15, 0.2) is 36.4 Å². The fourth-order valence-electron chi connectivity index (χ4n) is 1.63. The van der Waals surface area contributed by atoms with Gasteiger partial charge in [-0.15, -0.1) is 0 Å². The van der Waals surface area contributed by atoms with Crippen molar-refractivity contribution in [3.05, 3.63) is 67.6 Å². The van der Waals surface area contributed by atoms with Gasteiger partial charge < -0.3 is 5.11 Å². The molecular formula is C16H11Cl5O3. The van der Waals surface area contributed by atoms with Crippen LogP contribution < -0.4 is 0 Å². The number of carboxylic acids is 1. The molecule has 0 atom stereocenters. The van der Waals surface area contributed by atoms with Crippen LogP contribution in [0.1, 0.15) is 11.1 Å². The van der Waals surface area contributed by atoms with Gasteiger partial charge in [-0.05, 0) is 47.0 Å². The van der Waals surface area contributed by atoms with Crippen molar-refractivity contribution in [1.29, 1.82) is 0 Å². The summed E-state index contributed by atoms with van der Waals surface area (Å²) < 4.78 is 0. The van der Waals surface area contributed by atoms with Crippen molar-refractivity contribution in [2.75, 3.05) is 0 Å². The van der Waals surface area contributed by atoms with E-state index in [4.69, 9.17) is 63.1 Å². The monoisotopic (exact) mass is 426 g/mol. The SMILES string of the molecule is O=C(Cl)Cc1ccc(Cl)c(Cl)c1.O=C(O)Cc1ccc(Cl)c(Cl)c1. The maximum atomic E-state index is 10.5. The van der Waals surface area contributed by atoms with Crippen molar-refractivity contribution in [1.82, 2.24) is 0 Å². The van der Waals surface area contributed by atoms with E-state index >= 15 is 0 Å². The first kappa shape index (κ1) is 21.1. The Morgan fingerprint density at radius 1 is 0.750 bits per heavy atom. The number of halogens is 5. The van der Waals surface area contributed by atoms with E-state index in [1.807, 2.05) is 0 Å². The summed E-state index contributed by atoms with van der Waals surface area (Å²) in [5.41, 5.74) is 1.42. The second kappa shape index (κ2) is 10.1. The molecule has 0 bridgehead atoms. The molecule has 1 N–H and O–H groups in total. The van der Waals surface area contributed by atoms with Crippen molar-refractivity contribution in [3.63, 3.8) is 0 Å². The van der Waals surface area contributed by atoms with Crippen molar-refractivity contribution >= 4 is 69.2 Å². The molecule has 0 saturated heterocycles. The molecule has 2 aromatic carbocycles. The molecule has 3 nitrogen and oxygen atoms in total. The molecule has 0 unspecified atom stereocenters. The molecule has 8 heteroatoms. The van der Waals surface area contributed by atoms with Gasteiger partial charge in [0.1, 0.15) is 0 Å². The minimum Gasteiger partial charge on any atom is -0.481 e. The Kier molecular flexibility index (Phi) is 8.88. The zero-order chi connectivity index (χ0) is 18.3. The van der Waals surface area contributed by atoms with E-state index in [1.165, 1.54) is 0 Å². The number of benzene rings is 2. The van der Waals surface area contributed by atoms with Gasteiger partial charge in [0.25, 0.3) is 0 Å². The van der Waals surface area contributed by atoms with Crippen LogP contribution in [0.5, 0.6) is 0 Å². The normalized spacial score (nSPS) is 9.88. The third-order valence-electron chi connectivity index (χ3n) is 2.67. The van der Waals surface area contributed by atoms with Crippen molar-refractivity contribution in [2.24, 2.45) is 0 Å². The Hall–Kier alpha value is -0.970. The van der Waals surface area contributed by atoms with Crippen LogP contribution in [-0.2, 0) is 22.4 Å². The smallest absolute Gasteiger partial charge is 0.307 e. The number of carbonyl (C=O) groups is 2. The lowest BCUT2D eigenvalue weighted by Crippen LogP contribution is -1.99. The van der Waals surface area contributed by atoms with Crippen molar-refractivity contribution in [2.45, 2.75) is 12.8 Å². The Morgan fingerprint density at radius 3 is 1.50 bits per heavy atom. The van der Waals surface area contributed by atoms with Crippen LogP contribution in [0, 0.1) is 0 Å². The van der Waals surface area contributed by atoms with Crippen LogP contribution in [0.25, 0.3) is 0 Å². The van der Waals surface area contributed by atoms with Gasteiger partial charge in [0.15, 0.2) is 0 Å². The highest BCUT2D eigenvalue weighted by Crippen LogP contribution is 2.23. The predicted octanol–water partition coefficient (Wildman–Crippen LogP) is 5.92. The zero-order valence-corrected chi connectivity index (χ0v) is 15.8. The summed E-state index contributed by atoms with van der Waals surface area (Å²) in [6, 6.07) is 9.76. The molecule has 0 saturated carbocycles. The first-order chi connectivity index (χ1) is 11.2. The first-order valence-corrected chi connectivity index (χ1v) is 8.36. The van der Waals surface area contributed by atoms with Gasteiger partial charge >= 0.3 is 5.97 Å². The fourth-order valence-corrected chi connectivity index (χ4v) is 2.43. The average Bonchev–Trinajstić information content (AvgIpc) is 2.46. The molecule has 0 heterocycles. The second-order valence-corrected chi connectivity index (χ2v) is 6.65. The van der Waals surface area contributed by atoms with Crippen LogP contribution in [0.4, 0.5) is 0 Å². The van der Waals surface area contributed by atoms with E-state index < -0.39 is 11.2 Å². The number of carbonyl (C=O) groups excluding carboxylic acids is 1. The zero-order valence-electron chi connectivity index (χ0n) is 12.0. The van der Waals surface area contributed by atoms with Gasteiger partial charge in [-0.2, -0.15) is 0 Å². The molecule has 2 aromatic rings. The molecular weight excluding hydrogens is 417 g/mol. The third kappa shape index (κ3) is 7.73. The molecule has 0 spiro atoms. The van der Waals surface area contributed by atoms with Gasteiger partial charge in [0.05, 0.1) is 26.5 Å². The first-order valence-electron chi connectivity index (χ1n) is 6.47. The minimum atomic E-state index is -0.881. The van der Waals surface area contributed by atoms with E-state index in [9.17, 15) is 9.59 Å². The van der Waals surface area contributed by atoms with E-state index in [1.54, 1.807) is 36.4 Å². The molecule has 0 aliphatic heterocycles. The number of aliphatic carboxylic acids is 1. The molecule has 0 fully saturated rings. The molecule has 0 aromatic heterocycles. The van der Waals surface area contributed by atoms with E-state index in [2.05, 4.69) is 0 Å². The molecule has 2 rings (SSSR count). The molecule has 128 valence electrons. The second-order valence-electron chi connectivity index (χ2n) is 4.60. The Bertz CT molecular complexity index is 683. The van der Waals surface area contributed by atoms with E-state index in [-0.39, 0.29) is 12.8 Å². The van der Waals surface area contributed by atoms with Gasteiger partial charge in [-0.3, -0.25) is 9.59 Å². The average molecular weight is 429 g/mol. The summed E-state index contributed by atoms with van der Waals surface area (Å²) in [6.07, 6.45) is 0.148. The van der Waals surface area contributed by atoms with Gasteiger partial charge in [-0.25, -0.2) is 0 Å². The quantitative estimate of drug-likeness (QED) is 0.615. The van der Waals surface area contributed by atoms with Crippen LogP contribution in [-0.4, -0.2) is 16.3 Å². The fraction of sp³-hybridized carbons (Fsp3) is 0.125. The number of hydrogen-bond acceptors (Lipinski definition) is 2. The number of hydrogen-bond donors (Lipinski definition) is 1. The van der Waals surface area contributed by atoms with E-state index in [0.717, 1.165) is 5.56 Å². The third-order valence-corrected chi connectivity index (χ3v) is 4.28. The lowest BCUT2D eigenvalue weighted by molar-refractivity contribution is -0.136. The molecule has 24 heavy (non-hydrogen) atoms. The summed E-state index contributed by atoms with van der Waals surface area (Å²) in [5.74, 6) is -0.881. The predicted molar refractivity (Wildman–Crippen MR) is 98.8 cm³/mol. The van der Waals surface area contributed by atoms with Gasteiger partial charge in [0.2, 0.25) is 5.24 Å². The van der Waals surface area contributed by atoms with Gasteiger partial charge in [0, 0.05) is 6.42 Å². The minimum absolute atomic E-state index is 0.0309. The lowest BCUT2D eigenvalue weighted by Gasteiger charge is -1.98. The summed E-state index contributed by atoms with van der Waals surface area (Å²) >= 11 is 27.9. The molecule has 0 amide bonds. The van der Waals surface area contributed by atoms with Crippen molar-refractivity contribution < 1.29 is 14.7 Å². The topological polar surface area (TPSA) is 54.4 Å². The number of rotatable bonds is 4. The Balaban J connectivity index is 0.000000240.